The maximum atomic E-state index is 5.14. The van der Waals surface area contributed by atoms with Gasteiger partial charge in [0.2, 0.25) is 0 Å². The van der Waals surface area contributed by atoms with Crippen LogP contribution >= 0.6 is 0 Å². The Kier molecular flexibility index (Phi) is 2.42. The molecule has 0 spiro atoms. The zero-order chi connectivity index (χ0) is 8.27. The van der Waals surface area contributed by atoms with Crippen LogP contribution in [0.15, 0.2) is 18.2 Å². The predicted molar refractivity (Wildman–Crippen MR) is 47.7 cm³/mol. The lowest BCUT2D eigenvalue weighted by atomic mass is 9.95. The lowest BCUT2D eigenvalue weighted by Crippen LogP contribution is -2.07. The Hall–Kier alpha value is -1.12. The Morgan fingerprint density at radius 1 is 1.18 bits per heavy atom. The van der Waals surface area contributed by atoms with E-state index >= 15 is 0 Å². The van der Waals surface area contributed by atoms with Crippen molar-refractivity contribution < 1.29 is 9.47 Å². The van der Waals surface area contributed by atoms with Crippen LogP contribution in [0.5, 0.6) is 11.5 Å². The first kappa shape index (κ1) is 7.99. The van der Waals surface area contributed by atoms with Crippen molar-refractivity contribution in [1.29, 1.82) is 0 Å². The number of ether oxygens (including phenoxy) is 2. The second-order valence-electron chi connectivity index (χ2n) is 2.31. The molecule has 0 fully saturated rings. The molecule has 0 amide bonds. The summed E-state index contributed by atoms with van der Waals surface area (Å²) in [6.07, 6.45) is 0. The summed E-state index contributed by atoms with van der Waals surface area (Å²) in [7, 11) is 5.27. The van der Waals surface area contributed by atoms with Crippen LogP contribution in [-0.4, -0.2) is 22.1 Å². The monoisotopic (exact) mass is 150 g/mol. The van der Waals surface area contributed by atoms with E-state index in [1.807, 2.05) is 26.0 Å². The van der Waals surface area contributed by atoms with Gasteiger partial charge in [-0.25, -0.2) is 0 Å². The van der Waals surface area contributed by atoms with Gasteiger partial charge in [-0.15, -0.1) is 0 Å². The van der Waals surface area contributed by atoms with E-state index in [2.05, 4.69) is 0 Å². The topological polar surface area (TPSA) is 18.5 Å². The molecular formula is C8H11BO2. The van der Waals surface area contributed by atoms with Gasteiger partial charge in [0, 0.05) is 0 Å². The van der Waals surface area contributed by atoms with Gasteiger partial charge in [0.1, 0.15) is 7.85 Å². The summed E-state index contributed by atoms with van der Waals surface area (Å²) in [5, 5.41) is 0. The minimum Gasteiger partial charge on any atom is -0.493 e. The molecule has 0 aliphatic heterocycles. The molecule has 0 N–H and O–H groups in total. The quantitative estimate of drug-likeness (QED) is 0.550. The van der Waals surface area contributed by atoms with E-state index in [0.29, 0.717) is 0 Å². The first-order valence-electron chi connectivity index (χ1n) is 3.47. The van der Waals surface area contributed by atoms with Crippen molar-refractivity contribution in [1.82, 2.24) is 0 Å². The highest BCUT2D eigenvalue weighted by molar-refractivity contribution is 6.34. The number of methoxy groups -OCH3 is 2. The van der Waals surface area contributed by atoms with Crippen molar-refractivity contribution in [2.24, 2.45) is 0 Å². The molecule has 3 heteroatoms. The van der Waals surface area contributed by atoms with Crippen molar-refractivity contribution in [3.8, 4) is 11.5 Å². The van der Waals surface area contributed by atoms with Crippen LogP contribution in [0.4, 0.5) is 0 Å². The normalized spacial score (nSPS) is 9.27. The Labute approximate surface area is 67.5 Å². The van der Waals surface area contributed by atoms with Gasteiger partial charge in [-0.1, -0.05) is 12.1 Å². The molecule has 0 aliphatic carbocycles. The second-order valence-corrected chi connectivity index (χ2v) is 2.31. The average Bonchev–Trinajstić information content (AvgIpc) is 2.04. The fraction of sp³-hybridized carbons (Fsp3) is 0.250. The fourth-order valence-corrected chi connectivity index (χ4v) is 1.05. The largest absolute Gasteiger partial charge is 0.493 e. The molecule has 1 aromatic rings. The van der Waals surface area contributed by atoms with Crippen molar-refractivity contribution in [3.63, 3.8) is 0 Å². The Balaban J connectivity index is 3.13. The highest BCUT2D eigenvalue weighted by Gasteiger charge is 2.03. The average molecular weight is 150 g/mol. The van der Waals surface area contributed by atoms with Gasteiger partial charge < -0.3 is 9.47 Å². The van der Waals surface area contributed by atoms with Gasteiger partial charge in [-0.3, -0.25) is 0 Å². The minimum absolute atomic E-state index is 0.785. The Morgan fingerprint density at radius 3 is 2.36 bits per heavy atom. The van der Waals surface area contributed by atoms with Crippen LogP contribution in [-0.2, 0) is 0 Å². The molecule has 0 aromatic heterocycles. The van der Waals surface area contributed by atoms with Crippen molar-refractivity contribution in [3.05, 3.63) is 18.2 Å². The van der Waals surface area contributed by atoms with E-state index in [1.54, 1.807) is 14.2 Å². The maximum Gasteiger partial charge on any atom is 0.160 e. The zero-order valence-corrected chi connectivity index (χ0v) is 7.05. The van der Waals surface area contributed by atoms with Crippen molar-refractivity contribution in [2.75, 3.05) is 14.2 Å². The Bertz CT molecular complexity index is 248. The van der Waals surface area contributed by atoms with E-state index in [4.69, 9.17) is 9.47 Å². The molecule has 1 aromatic carbocycles. The van der Waals surface area contributed by atoms with Crippen molar-refractivity contribution >= 4 is 13.3 Å². The van der Waals surface area contributed by atoms with Crippen LogP contribution < -0.4 is 14.9 Å². The van der Waals surface area contributed by atoms with Crippen LogP contribution in [0, 0.1) is 0 Å². The van der Waals surface area contributed by atoms with Crippen molar-refractivity contribution in [2.45, 2.75) is 0 Å². The van der Waals surface area contributed by atoms with Gasteiger partial charge in [0.05, 0.1) is 14.2 Å². The van der Waals surface area contributed by atoms with E-state index in [-0.39, 0.29) is 0 Å². The molecule has 0 atom stereocenters. The molecule has 0 radical (unpaired) electrons. The lowest BCUT2D eigenvalue weighted by molar-refractivity contribution is 0.357. The molecule has 1 rings (SSSR count). The molecular weight excluding hydrogens is 139 g/mol. The SMILES string of the molecule is Bc1cccc(OC)c1OC. The summed E-state index contributed by atoms with van der Waals surface area (Å²) >= 11 is 0. The minimum atomic E-state index is 0.785. The summed E-state index contributed by atoms with van der Waals surface area (Å²) in [6.45, 7) is 0. The number of hydrogen-bond acceptors (Lipinski definition) is 2. The first-order chi connectivity index (χ1) is 5.29. The van der Waals surface area contributed by atoms with Gasteiger partial charge in [0.25, 0.3) is 0 Å². The fourth-order valence-electron chi connectivity index (χ4n) is 1.05. The van der Waals surface area contributed by atoms with E-state index < -0.39 is 0 Å². The molecule has 0 saturated heterocycles. The third kappa shape index (κ3) is 1.48. The van der Waals surface area contributed by atoms with Crippen LogP contribution in [0.1, 0.15) is 0 Å². The molecule has 58 valence electrons. The summed E-state index contributed by atoms with van der Waals surface area (Å²) in [4.78, 5) is 0. The second kappa shape index (κ2) is 3.33. The highest BCUT2D eigenvalue weighted by Crippen LogP contribution is 2.22. The third-order valence-electron chi connectivity index (χ3n) is 1.60. The molecule has 2 nitrogen and oxygen atoms in total. The van der Waals surface area contributed by atoms with Gasteiger partial charge >= 0.3 is 0 Å². The molecule has 11 heavy (non-hydrogen) atoms. The number of hydrogen-bond donors (Lipinski definition) is 0. The van der Waals surface area contributed by atoms with E-state index in [9.17, 15) is 0 Å². The zero-order valence-electron chi connectivity index (χ0n) is 7.05. The maximum absolute atomic E-state index is 5.14. The molecule has 0 heterocycles. The number of rotatable bonds is 2. The van der Waals surface area contributed by atoms with E-state index in [0.717, 1.165) is 17.0 Å². The number of benzene rings is 1. The summed E-state index contributed by atoms with van der Waals surface area (Å²) < 4.78 is 10.2. The molecule has 0 saturated carbocycles. The summed E-state index contributed by atoms with van der Waals surface area (Å²) in [5.41, 5.74) is 1.09. The first-order valence-corrected chi connectivity index (χ1v) is 3.47. The van der Waals surface area contributed by atoms with Crippen LogP contribution in [0.25, 0.3) is 0 Å². The van der Waals surface area contributed by atoms with Crippen LogP contribution in [0.3, 0.4) is 0 Å². The standard InChI is InChI=1S/C8H11BO2/c1-10-7-5-3-4-6(9)8(7)11-2/h3-5H,9H2,1-2H3. The predicted octanol–water partition coefficient (Wildman–Crippen LogP) is -0.0378. The molecule has 0 unspecified atom stereocenters. The van der Waals surface area contributed by atoms with Crippen LogP contribution in [0.2, 0.25) is 0 Å². The molecule has 0 bridgehead atoms. The van der Waals surface area contributed by atoms with E-state index in [1.165, 1.54) is 0 Å². The van der Waals surface area contributed by atoms with Gasteiger partial charge in [-0.2, -0.15) is 0 Å². The molecule has 0 aliphatic rings. The third-order valence-corrected chi connectivity index (χ3v) is 1.60. The summed E-state index contributed by atoms with van der Waals surface area (Å²) in [6, 6.07) is 5.81. The van der Waals surface area contributed by atoms with Gasteiger partial charge in [0.15, 0.2) is 11.5 Å². The van der Waals surface area contributed by atoms with Gasteiger partial charge in [-0.05, 0) is 11.5 Å². The smallest absolute Gasteiger partial charge is 0.160 e. The highest BCUT2D eigenvalue weighted by atomic mass is 16.5. The lowest BCUT2D eigenvalue weighted by Gasteiger charge is -2.08. The summed E-state index contributed by atoms with van der Waals surface area (Å²) in [5.74, 6) is 1.60. The number of para-hydroxylation sites is 1. The Morgan fingerprint density at radius 2 is 1.91 bits per heavy atom.